The third-order valence-electron chi connectivity index (χ3n) is 3.00. The van der Waals surface area contributed by atoms with Gasteiger partial charge in [-0.25, -0.2) is 0 Å². The van der Waals surface area contributed by atoms with Crippen LogP contribution in [0.25, 0.3) is 10.2 Å². The lowest BCUT2D eigenvalue weighted by atomic mass is 10.2. The number of hydrogen-bond donors (Lipinski definition) is 2. The molecule has 19 heavy (non-hydrogen) atoms. The van der Waals surface area contributed by atoms with Crippen LogP contribution in [-0.2, 0) is 0 Å². The summed E-state index contributed by atoms with van der Waals surface area (Å²) in [7, 11) is 0. The van der Waals surface area contributed by atoms with Crippen molar-refractivity contribution in [1.82, 2.24) is 4.98 Å². The average Bonchev–Trinajstić information content (AvgIpc) is 2.95. The maximum Gasteiger partial charge on any atom is 0.272 e. The summed E-state index contributed by atoms with van der Waals surface area (Å²) in [6, 6.07) is 9.27. The van der Waals surface area contributed by atoms with Gasteiger partial charge < -0.3 is 10.3 Å². The molecule has 0 spiro atoms. The molecule has 96 valence electrons. The van der Waals surface area contributed by atoms with E-state index >= 15 is 0 Å². The molecule has 0 radical (unpaired) electrons. The number of carbonyl (C=O) groups is 1. The molecular weight excluding hydrogens is 280 g/mol. The van der Waals surface area contributed by atoms with E-state index in [2.05, 4.69) is 10.3 Å². The van der Waals surface area contributed by atoms with Gasteiger partial charge in [0, 0.05) is 10.7 Å². The monoisotopic (exact) mass is 290 g/mol. The highest BCUT2D eigenvalue weighted by molar-refractivity contribution is 7.17. The number of amides is 1. The third-order valence-corrected chi connectivity index (χ3v) is 4.27. The number of thiophene rings is 1. The van der Waals surface area contributed by atoms with Crippen molar-refractivity contribution in [1.29, 1.82) is 0 Å². The summed E-state index contributed by atoms with van der Waals surface area (Å²) < 4.78 is 1.08. The summed E-state index contributed by atoms with van der Waals surface area (Å²) in [5.74, 6) is -0.159. The minimum absolute atomic E-state index is 0.159. The van der Waals surface area contributed by atoms with E-state index in [1.807, 2.05) is 36.6 Å². The van der Waals surface area contributed by atoms with Crippen molar-refractivity contribution in [2.75, 3.05) is 5.32 Å². The highest BCUT2D eigenvalue weighted by Gasteiger charge is 2.12. The number of aromatic amines is 1. The summed E-state index contributed by atoms with van der Waals surface area (Å²) in [4.78, 5) is 15.3. The molecule has 0 saturated carbocycles. The first-order chi connectivity index (χ1) is 9.15. The summed E-state index contributed by atoms with van der Waals surface area (Å²) in [6.45, 7) is 1.88. The number of benzene rings is 1. The van der Waals surface area contributed by atoms with Gasteiger partial charge in [0.2, 0.25) is 0 Å². The Balaban J connectivity index is 1.89. The first-order valence-electron chi connectivity index (χ1n) is 5.78. The minimum atomic E-state index is -0.159. The van der Waals surface area contributed by atoms with Crippen LogP contribution in [0.4, 0.5) is 5.69 Å². The van der Waals surface area contributed by atoms with E-state index in [0.29, 0.717) is 10.7 Å². The van der Waals surface area contributed by atoms with Gasteiger partial charge in [-0.1, -0.05) is 17.7 Å². The van der Waals surface area contributed by atoms with Crippen molar-refractivity contribution in [3.8, 4) is 0 Å². The Bertz CT molecular complexity index is 731. The highest BCUT2D eigenvalue weighted by atomic mass is 35.5. The van der Waals surface area contributed by atoms with Crippen LogP contribution in [0, 0.1) is 6.92 Å². The number of carbonyl (C=O) groups excluding carboxylic acids is 1. The Morgan fingerprint density at radius 1 is 1.37 bits per heavy atom. The maximum atomic E-state index is 12.2. The van der Waals surface area contributed by atoms with Crippen LogP contribution >= 0.6 is 22.9 Å². The summed E-state index contributed by atoms with van der Waals surface area (Å²) in [5, 5.41) is 5.50. The van der Waals surface area contributed by atoms with Gasteiger partial charge in [-0.3, -0.25) is 4.79 Å². The van der Waals surface area contributed by atoms with E-state index in [-0.39, 0.29) is 5.91 Å². The number of fused-ring (bicyclic) bond motifs is 1. The number of halogens is 1. The first-order valence-corrected chi connectivity index (χ1v) is 7.03. The summed E-state index contributed by atoms with van der Waals surface area (Å²) >= 11 is 7.64. The van der Waals surface area contributed by atoms with Crippen molar-refractivity contribution in [3.05, 3.63) is 52.0 Å². The molecule has 0 aliphatic heterocycles. The molecule has 0 unspecified atom stereocenters. The molecule has 0 aliphatic rings. The molecule has 2 heterocycles. The number of rotatable bonds is 2. The van der Waals surface area contributed by atoms with Crippen molar-refractivity contribution in [2.45, 2.75) is 6.92 Å². The van der Waals surface area contributed by atoms with Gasteiger partial charge in [-0.2, -0.15) is 0 Å². The Kier molecular flexibility index (Phi) is 3.05. The first kappa shape index (κ1) is 12.3. The van der Waals surface area contributed by atoms with Gasteiger partial charge in [0.25, 0.3) is 5.91 Å². The summed E-state index contributed by atoms with van der Waals surface area (Å²) in [6.07, 6.45) is 0. The van der Waals surface area contributed by atoms with Crippen LogP contribution in [0.3, 0.4) is 0 Å². The van der Waals surface area contributed by atoms with Gasteiger partial charge in [0.15, 0.2) is 0 Å². The van der Waals surface area contributed by atoms with Crippen molar-refractivity contribution in [2.24, 2.45) is 0 Å². The van der Waals surface area contributed by atoms with E-state index in [9.17, 15) is 4.79 Å². The predicted molar refractivity (Wildman–Crippen MR) is 80.3 cm³/mol. The molecule has 5 heteroatoms. The van der Waals surface area contributed by atoms with Crippen LogP contribution in [0.5, 0.6) is 0 Å². The smallest absolute Gasteiger partial charge is 0.272 e. The fourth-order valence-electron chi connectivity index (χ4n) is 1.90. The van der Waals surface area contributed by atoms with Gasteiger partial charge >= 0.3 is 0 Å². The zero-order chi connectivity index (χ0) is 13.4. The van der Waals surface area contributed by atoms with E-state index in [0.717, 1.165) is 21.5 Å². The Morgan fingerprint density at radius 2 is 2.21 bits per heavy atom. The average molecular weight is 291 g/mol. The fourth-order valence-corrected chi connectivity index (χ4v) is 2.86. The molecular formula is C14H11ClN2OS. The lowest BCUT2D eigenvalue weighted by Gasteiger charge is -2.08. The zero-order valence-electron chi connectivity index (χ0n) is 10.2. The molecule has 3 rings (SSSR count). The van der Waals surface area contributed by atoms with Gasteiger partial charge in [0.05, 0.1) is 10.2 Å². The van der Waals surface area contributed by atoms with Gasteiger partial charge in [-0.15, -0.1) is 11.3 Å². The van der Waals surface area contributed by atoms with Crippen LogP contribution in [0.2, 0.25) is 5.02 Å². The third kappa shape index (κ3) is 2.25. The van der Waals surface area contributed by atoms with E-state index in [1.54, 1.807) is 17.4 Å². The van der Waals surface area contributed by atoms with Gasteiger partial charge in [-0.05, 0) is 42.1 Å². The molecule has 1 aromatic carbocycles. The Labute approximate surface area is 119 Å². The van der Waals surface area contributed by atoms with Crippen LogP contribution in [0.1, 0.15) is 16.1 Å². The Morgan fingerprint density at radius 3 is 3.00 bits per heavy atom. The second-order valence-corrected chi connectivity index (χ2v) is 5.60. The zero-order valence-corrected chi connectivity index (χ0v) is 11.7. The van der Waals surface area contributed by atoms with Crippen LogP contribution in [-0.4, -0.2) is 10.9 Å². The molecule has 0 bridgehead atoms. The molecule has 3 nitrogen and oxygen atoms in total. The van der Waals surface area contributed by atoms with E-state index in [4.69, 9.17) is 11.6 Å². The quantitative estimate of drug-likeness (QED) is 0.720. The second-order valence-electron chi connectivity index (χ2n) is 4.25. The van der Waals surface area contributed by atoms with Crippen LogP contribution in [0.15, 0.2) is 35.7 Å². The fraction of sp³-hybridized carbons (Fsp3) is 0.0714. The molecule has 0 fully saturated rings. The Hall–Kier alpha value is -1.78. The van der Waals surface area contributed by atoms with Crippen molar-refractivity contribution >= 4 is 44.7 Å². The molecule has 0 aliphatic carbocycles. The van der Waals surface area contributed by atoms with Crippen molar-refractivity contribution < 1.29 is 4.79 Å². The number of anilines is 1. The summed E-state index contributed by atoms with van der Waals surface area (Å²) in [5.41, 5.74) is 3.14. The van der Waals surface area contributed by atoms with Crippen LogP contribution < -0.4 is 5.32 Å². The van der Waals surface area contributed by atoms with Gasteiger partial charge in [0.1, 0.15) is 5.69 Å². The molecule has 2 N–H and O–H groups in total. The van der Waals surface area contributed by atoms with E-state index < -0.39 is 0 Å². The second kappa shape index (κ2) is 4.72. The lowest BCUT2D eigenvalue weighted by molar-refractivity contribution is 0.102. The number of H-pyrrole nitrogens is 1. The normalized spacial score (nSPS) is 10.8. The standard InChI is InChI=1S/C14H11ClN2OS/c1-8-9(15)3-2-4-10(8)17-14(18)12-7-13-11(16-12)5-6-19-13/h2-7,16H,1H3,(H,17,18). The highest BCUT2D eigenvalue weighted by Crippen LogP contribution is 2.25. The molecule has 0 saturated heterocycles. The van der Waals surface area contributed by atoms with E-state index in [1.165, 1.54) is 0 Å². The predicted octanol–water partition coefficient (Wildman–Crippen LogP) is 4.44. The topological polar surface area (TPSA) is 44.9 Å². The molecule has 0 atom stereocenters. The SMILES string of the molecule is Cc1c(Cl)cccc1NC(=O)c1cc2sccc2[nH]1. The minimum Gasteiger partial charge on any atom is -0.350 e. The molecule has 3 aromatic rings. The van der Waals surface area contributed by atoms with Crippen molar-refractivity contribution in [3.63, 3.8) is 0 Å². The molecule has 2 aromatic heterocycles. The largest absolute Gasteiger partial charge is 0.350 e. The lowest BCUT2D eigenvalue weighted by Crippen LogP contribution is -2.13. The number of hydrogen-bond acceptors (Lipinski definition) is 2. The number of nitrogens with one attached hydrogen (secondary N) is 2. The maximum absolute atomic E-state index is 12.2. The number of aromatic nitrogens is 1. The molecule has 1 amide bonds.